The summed E-state index contributed by atoms with van der Waals surface area (Å²) in [6.07, 6.45) is 0. The Balaban J connectivity index is 2.33. The number of nitrogens with one attached hydrogen (secondary N) is 2. The van der Waals surface area contributed by atoms with E-state index < -0.39 is 18.0 Å². The molecule has 5 nitrogen and oxygen atoms in total. The number of urea groups is 1. The Morgan fingerprint density at radius 2 is 2.25 bits per heavy atom. The van der Waals surface area contributed by atoms with Crippen LogP contribution in [0.5, 0.6) is 0 Å². The summed E-state index contributed by atoms with van der Waals surface area (Å²) in [4.78, 5) is 22.7. The van der Waals surface area contributed by atoms with Crippen LogP contribution in [-0.2, 0) is 11.3 Å². The smallest absolute Gasteiger partial charge is 0.325 e. The van der Waals surface area contributed by atoms with E-state index in [4.69, 9.17) is 5.11 Å². The first-order chi connectivity index (χ1) is 7.49. The second-order valence-corrected chi connectivity index (χ2v) is 5.64. The van der Waals surface area contributed by atoms with Gasteiger partial charge in [0.1, 0.15) is 6.04 Å². The minimum Gasteiger partial charge on any atom is -0.480 e. The van der Waals surface area contributed by atoms with Gasteiger partial charge in [-0.1, -0.05) is 0 Å². The lowest BCUT2D eigenvalue weighted by atomic mass is 10.3. The molecule has 0 aromatic carbocycles. The predicted molar refractivity (Wildman–Crippen MR) is 64.5 cm³/mol. The number of rotatable bonds is 4. The van der Waals surface area contributed by atoms with Crippen molar-refractivity contribution in [1.82, 2.24) is 10.6 Å². The SMILES string of the molecule is CC(NC(=O)NCc1ccc(Br)s1)C(=O)O. The number of carboxylic acids is 1. The Bertz CT molecular complexity index is 394. The molecule has 88 valence electrons. The highest BCUT2D eigenvalue weighted by molar-refractivity contribution is 9.11. The van der Waals surface area contributed by atoms with Crippen molar-refractivity contribution in [3.05, 3.63) is 20.8 Å². The van der Waals surface area contributed by atoms with Gasteiger partial charge in [0, 0.05) is 4.88 Å². The summed E-state index contributed by atoms with van der Waals surface area (Å²) in [5.41, 5.74) is 0. The monoisotopic (exact) mass is 306 g/mol. The summed E-state index contributed by atoms with van der Waals surface area (Å²) < 4.78 is 0.989. The van der Waals surface area contributed by atoms with E-state index in [0.717, 1.165) is 8.66 Å². The van der Waals surface area contributed by atoms with Crippen molar-refractivity contribution < 1.29 is 14.7 Å². The molecule has 0 fully saturated rings. The molecule has 3 N–H and O–H groups in total. The van der Waals surface area contributed by atoms with E-state index in [2.05, 4.69) is 26.6 Å². The van der Waals surface area contributed by atoms with Crippen LogP contribution < -0.4 is 10.6 Å². The number of halogens is 1. The van der Waals surface area contributed by atoms with Crippen molar-refractivity contribution in [3.63, 3.8) is 0 Å². The molecule has 0 saturated carbocycles. The Hall–Kier alpha value is -1.08. The summed E-state index contributed by atoms with van der Waals surface area (Å²) >= 11 is 4.82. The van der Waals surface area contributed by atoms with E-state index in [1.54, 1.807) is 0 Å². The maximum atomic E-state index is 11.2. The number of carbonyl (C=O) groups is 2. The zero-order valence-corrected chi connectivity index (χ0v) is 10.9. The molecule has 0 aliphatic rings. The average molecular weight is 307 g/mol. The van der Waals surface area contributed by atoms with Crippen molar-refractivity contribution in [2.45, 2.75) is 19.5 Å². The second-order valence-electron chi connectivity index (χ2n) is 3.09. The lowest BCUT2D eigenvalue weighted by Crippen LogP contribution is -2.43. The zero-order chi connectivity index (χ0) is 12.1. The van der Waals surface area contributed by atoms with E-state index in [-0.39, 0.29) is 0 Å². The first kappa shape index (κ1) is 13.0. The highest BCUT2D eigenvalue weighted by Crippen LogP contribution is 2.21. The molecule has 0 saturated heterocycles. The summed E-state index contributed by atoms with van der Waals surface area (Å²) in [7, 11) is 0. The van der Waals surface area contributed by atoms with Crippen LogP contribution in [0.25, 0.3) is 0 Å². The quantitative estimate of drug-likeness (QED) is 0.793. The molecule has 2 amide bonds. The molecule has 0 spiro atoms. The van der Waals surface area contributed by atoms with E-state index in [0.29, 0.717) is 6.54 Å². The molecule has 0 radical (unpaired) electrons. The van der Waals surface area contributed by atoms with Crippen LogP contribution >= 0.6 is 27.3 Å². The second kappa shape index (κ2) is 5.86. The van der Waals surface area contributed by atoms with Gasteiger partial charge in [-0.25, -0.2) is 4.79 Å². The van der Waals surface area contributed by atoms with Gasteiger partial charge in [-0.05, 0) is 35.0 Å². The highest BCUT2D eigenvalue weighted by Gasteiger charge is 2.13. The summed E-state index contributed by atoms with van der Waals surface area (Å²) in [6, 6.07) is 2.39. The molecule has 7 heteroatoms. The van der Waals surface area contributed by atoms with E-state index in [1.165, 1.54) is 18.3 Å². The number of hydrogen-bond donors (Lipinski definition) is 3. The van der Waals surface area contributed by atoms with Gasteiger partial charge in [0.25, 0.3) is 0 Å². The Morgan fingerprint density at radius 1 is 1.56 bits per heavy atom. The maximum Gasteiger partial charge on any atom is 0.325 e. The van der Waals surface area contributed by atoms with E-state index in [1.807, 2.05) is 12.1 Å². The minimum atomic E-state index is -1.06. The maximum absolute atomic E-state index is 11.2. The number of hydrogen-bond acceptors (Lipinski definition) is 3. The fraction of sp³-hybridized carbons (Fsp3) is 0.333. The van der Waals surface area contributed by atoms with Crippen LogP contribution in [0.2, 0.25) is 0 Å². The number of carboxylic acid groups (broad SMARTS) is 1. The predicted octanol–water partition coefficient (Wildman–Crippen LogP) is 1.78. The minimum absolute atomic E-state index is 0.383. The molecule has 1 aromatic heterocycles. The van der Waals surface area contributed by atoms with Crippen molar-refractivity contribution in [2.75, 3.05) is 0 Å². The summed E-state index contributed by atoms with van der Waals surface area (Å²) in [5, 5.41) is 13.4. The first-order valence-electron chi connectivity index (χ1n) is 4.50. The molecule has 1 heterocycles. The van der Waals surface area contributed by atoms with Crippen LogP contribution in [-0.4, -0.2) is 23.1 Å². The van der Waals surface area contributed by atoms with Gasteiger partial charge in [-0.15, -0.1) is 11.3 Å². The van der Waals surface area contributed by atoms with E-state index in [9.17, 15) is 9.59 Å². The zero-order valence-electron chi connectivity index (χ0n) is 8.49. The largest absolute Gasteiger partial charge is 0.480 e. The Labute approximate surface area is 105 Å². The van der Waals surface area contributed by atoms with Crippen LogP contribution in [0.4, 0.5) is 4.79 Å². The Morgan fingerprint density at radius 3 is 2.75 bits per heavy atom. The third-order valence-electron chi connectivity index (χ3n) is 1.77. The van der Waals surface area contributed by atoms with Crippen molar-refractivity contribution >= 4 is 39.3 Å². The van der Waals surface area contributed by atoms with Gasteiger partial charge in [0.2, 0.25) is 0 Å². The lowest BCUT2D eigenvalue weighted by Gasteiger charge is -2.09. The fourth-order valence-electron chi connectivity index (χ4n) is 0.924. The highest BCUT2D eigenvalue weighted by atomic mass is 79.9. The van der Waals surface area contributed by atoms with Gasteiger partial charge in [0.15, 0.2) is 0 Å². The summed E-state index contributed by atoms with van der Waals surface area (Å²) in [6.45, 7) is 1.79. The van der Waals surface area contributed by atoms with Gasteiger partial charge < -0.3 is 15.7 Å². The average Bonchev–Trinajstić information content (AvgIpc) is 2.61. The molecule has 1 aromatic rings. The molecular formula is C9H11BrN2O3S. The molecule has 16 heavy (non-hydrogen) atoms. The number of carbonyl (C=O) groups excluding carboxylic acids is 1. The van der Waals surface area contributed by atoms with Crippen LogP contribution in [0.3, 0.4) is 0 Å². The Kier molecular flexibility index (Phi) is 4.75. The normalized spacial score (nSPS) is 11.9. The number of amides is 2. The molecular weight excluding hydrogens is 296 g/mol. The van der Waals surface area contributed by atoms with Crippen LogP contribution in [0.15, 0.2) is 15.9 Å². The molecule has 1 rings (SSSR count). The van der Waals surface area contributed by atoms with Crippen LogP contribution in [0.1, 0.15) is 11.8 Å². The molecule has 1 atom stereocenters. The first-order valence-corrected chi connectivity index (χ1v) is 6.11. The lowest BCUT2D eigenvalue weighted by molar-refractivity contribution is -0.138. The molecule has 1 unspecified atom stereocenters. The topological polar surface area (TPSA) is 78.4 Å². The molecule has 0 aliphatic heterocycles. The third-order valence-corrected chi connectivity index (χ3v) is 3.39. The van der Waals surface area contributed by atoms with E-state index >= 15 is 0 Å². The molecule has 0 bridgehead atoms. The van der Waals surface area contributed by atoms with Gasteiger partial charge >= 0.3 is 12.0 Å². The fourth-order valence-corrected chi connectivity index (χ4v) is 2.35. The van der Waals surface area contributed by atoms with Crippen molar-refractivity contribution in [2.24, 2.45) is 0 Å². The van der Waals surface area contributed by atoms with Gasteiger partial charge in [-0.3, -0.25) is 4.79 Å². The molecule has 0 aliphatic carbocycles. The van der Waals surface area contributed by atoms with Gasteiger partial charge in [-0.2, -0.15) is 0 Å². The number of aliphatic carboxylic acids is 1. The van der Waals surface area contributed by atoms with Crippen molar-refractivity contribution in [1.29, 1.82) is 0 Å². The van der Waals surface area contributed by atoms with Gasteiger partial charge in [0.05, 0.1) is 10.3 Å². The summed E-state index contributed by atoms with van der Waals surface area (Å²) in [5.74, 6) is -1.06. The van der Waals surface area contributed by atoms with Crippen molar-refractivity contribution in [3.8, 4) is 0 Å². The van der Waals surface area contributed by atoms with Crippen LogP contribution in [0, 0.1) is 0 Å². The third kappa shape index (κ3) is 4.19. The standard InChI is InChI=1S/C9H11BrN2O3S/c1-5(8(13)14)12-9(15)11-4-6-2-3-7(10)16-6/h2-3,5H,4H2,1H3,(H,13,14)(H2,11,12,15). The number of thiophene rings is 1.